The van der Waals surface area contributed by atoms with E-state index in [1.807, 2.05) is 13.8 Å². The van der Waals surface area contributed by atoms with Gasteiger partial charge in [-0.2, -0.15) is 0 Å². The summed E-state index contributed by atoms with van der Waals surface area (Å²) in [6.07, 6.45) is 0.803. The molecule has 190 valence electrons. The zero-order chi connectivity index (χ0) is 25.8. The molecule has 0 fully saturated rings. The van der Waals surface area contributed by atoms with Gasteiger partial charge in [0, 0.05) is 25.8 Å². The van der Waals surface area contributed by atoms with Crippen LogP contribution in [-0.4, -0.2) is 70.8 Å². The first-order valence-corrected chi connectivity index (χ1v) is 15.4. The molecule has 0 aliphatic rings. The predicted molar refractivity (Wildman–Crippen MR) is 136 cm³/mol. The summed E-state index contributed by atoms with van der Waals surface area (Å²) >= 11 is 1.18. The molecule has 3 rings (SSSR count). The SMILES string of the molecule is CCN(CC)CCN(C(=O)CCS(=O)(=O)c1ccc(F)cc1)c1nc2c(S(C)(=O)=O)cccc2s1. The van der Waals surface area contributed by atoms with Crippen molar-refractivity contribution in [2.45, 2.75) is 30.1 Å². The van der Waals surface area contributed by atoms with Crippen molar-refractivity contribution in [3.8, 4) is 0 Å². The number of halogens is 1. The first-order valence-electron chi connectivity index (χ1n) is 11.1. The van der Waals surface area contributed by atoms with Crippen molar-refractivity contribution in [1.82, 2.24) is 9.88 Å². The second-order valence-corrected chi connectivity index (χ2v) is 13.1. The van der Waals surface area contributed by atoms with E-state index in [9.17, 15) is 26.0 Å². The number of carbonyl (C=O) groups is 1. The largest absolute Gasteiger partial charge is 0.302 e. The van der Waals surface area contributed by atoms with Crippen molar-refractivity contribution in [3.63, 3.8) is 0 Å². The molecule has 1 heterocycles. The maximum Gasteiger partial charge on any atom is 0.229 e. The van der Waals surface area contributed by atoms with Crippen LogP contribution >= 0.6 is 11.3 Å². The number of hydrogen-bond donors (Lipinski definition) is 0. The van der Waals surface area contributed by atoms with E-state index in [4.69, 9.17) is 0 Å². The number of rotatable bonds is 11. The lowest BCUT2D eigenvalue weighted by atomic mass is 10.3. The Morgan fingerprint density at radius 1 is 1.00 bits per heavy atom. The Balaban J connectivity index is 1.91. The van der Waals surface area contributed by atoms with Gasteiger partial charge in [-0.15, -0.1) is 0 Å². The molecule has 0 spiro atoms. The Kier molecular flexibility index (Phi) is 8.63. The predicted octanol–water partition coefficient (Wildman–Crippen LogP) is 3.38. The van der Waals surface area contributed by atoms with Gasteiger partial charge >= 0.3 is 0 Å². The van der Waals surface area contributed by atoms with Crippen LogP contribution < -0.4 is 4.90 Å². The van der Waals surface area contributed by atoms with E-state index >= 15 is 0 Å². The number of para-hydroxylation sites is 1. The van der Waals surface area contributed by atoms with Gasteiger partial charge in [-0.1, -0.05) is 31.3 Å². The van der Waals surface area contributed by atoms with Crippen LogP contribution in [0.2, 0.25) is 0 Å². The number of amides is 1. The van der Waals surface area contributed by atoms with Gasteiger partial charge in [-0.05, 0) is 49.5 Å². The molecule has 1 amide bonds. The molecule has 12 heteroatoms. The average Bonchev–Trinajstić information content (AvgIpc) is 3.24. The summed E-state index contributed by atoms with van der Waals surface area (Å²) in [6, 6.07) is 9.30. The highest BCUT2D eigenvalue weighted by molar-refractivity contribution is 7.91. The second-order valence-electron chi connectivity index (χ2n) is 7.97. The van der Waals surface area contributed by atoms with Gasteiger partial charge in [0.2, 0.25) is 5.91 Å². The minimum absolute atomic E-state index is 0.0563. The number of fused-ring (bicyclic) bond motifs is 1. The zero-order valence-electron chi connectivity index (χ0n) is 19.8. The van der Waals surface area contributed by atoms with Crippen LogP contribution in [0.3, 0.4) is 0 Å². The number of likely N-dealkylation sites (N-methyl/N-ethyl adjacent to an activating group) is 1. The molecule has 0 atom stereocenters. The molecule has 8 nitrogen and oxygen atoms in total. The molecule has 0 aliphatic carbocycles. The van der Waals surface area contributed by atoms with E-state index in [1.165, 1.54) is 34.4 Å². The summed E-state index contributed by atoms with van der Waals surface area (Å²) in [4.78, 5) is 21.3. The number of hydrogen-bond acceptors (Lipinski definition) is 8. The standard InChI is InChI=1S/C23H28FN3O5S3/c1-4-26(5-2)14-15-27(21(28)13-16-35(31,32)18-11-9-17(24)10-12-18)23-25-22-19(33-23)7-6-8-20(22)34(3,29)30/h6-12H,4-5,13-16H2,1-3H3. The minimum atomic E-state index is -3.80. The van der Waals surface area contributed by atoms with E-state index in [-0.39, 0.29) is 28.3 Å². The molecule has 0 bridgehead atoms. The number of thiazole rings is 1. The van der Waals surface area contributed by atoms with Crippen LogP contribution in [0.25, 0.3) is 10.2 Å². The molecule has 0 aliphatic heterocycles. The third-order valence-corrected chi connectivity index (χ3v) is 9.50. The lowest BCUT2D eigenvalue weighted by Gasteiger charge is -2.24. The molecular weight excluding hydrogens is 513 g/mol. The fourth-order valence-electron chi connectivity index (χ4n) is 3.55. The van der Waals surface area contributed by atoms with Crippen molar-refractivity contribution in [2.75, 3.05) is 43.1 Å². The Morgan fingerprint density at radius 2 is 1.66 bits per heavy atom. The summed E-state index contributed by atoms with van der Waals surface area (Å²) < 4.78 is 63.6. The number of carbonyl (C=O) groups excluding carboxylic acids is 1. The summed E-state index contributed by atoms with van der Waals surface area (Å²) in [5.41, 5.74) is 0.287. The van der Waals surface area contributed by atoms with Gasteiger partial charge in [0.1, 0.15) is 11.3 Å². The molecule has 0 N–H and O–H groups in total. The highest BCUT2D eigenvalue weighted by Gasteiger charge is 2.25. The Morgan fingerprint density at radius 3 is 2.26 bits per heavy atom. The molecule has 1 aromatic heterocycles. The van der Waals surface area contributed by atoms with E-state index < -0.39 is 37.2 Å². The van der Waals surface area contributed by atoms with Gasteiger partial charge in [0.15, 0.2) is 24.8 Å². The third kappa shape index (κ3) is 6.63. The highest BCUT2D eigenvalue weighted by Crippen LogP contribution is 2.33. The minimum Gasteiger partial charge on any atom is -0.302 e. The zero-order valence-corrected chi connectivity index (χ0v) is 22.2. The molecule has 2 aromatic carbocycles. The van der Waals surface area contributed by atoms with Gasteiger partial charge in [0.25, 0.3) is 0 Å². The molecule has 0 unspecified atom stereocenters. The third-order valence-electron chi connectivity index (χ3n) is 5.59. The first-order chi connectivity index (χ1) is 16.5. The topological polar surface area (TPSA) is 105 Å². The number of anilines is 1. The fourth-order valence-corrected chi connectivity index (χ4v) is 6.71. The molecule has 35 heavy (non-hydrogen) atoms. The maximum absolute atomic E-state index is 13.3. The number of nitrogens with zero attached hydrogens (tertiary/aromatic N) is 3. The van der Waals surface area contributed by atoms with Crippen molar-refractivity contribution in [2.24, 2.45) is 0 Å². The van der Waals surface area contributed by atoms with E-state index in [0.717, 1.165) is 31.5 Å². The second kappa shape index (κ2) is 11.1. The lowest BCUT2D eigenvalue weighted by molar-refractivity contribution is -0.118. The van der Waals surface area contributed by atoms with Crippen molar-refractivity contribution < 1.29 is 26.0 Å². The summed E-state index contributed by atoms with van der Waals surface area (Å²) in [6.45, 7) is 6.36. The Labute approximate surface area is 209 Å². The fraction of sp³-hybridized carbons (Fsp3) is 0.391. The molecule has 0 radical (unpaired) electrons. The van der Waals surface area contributed by atoms with Crippen LogP contribution in [0, 0.1) is 5.82 Å². The number of aromatic nitrogens is 1. The number of sulfone groups is 2. The van der Waals surface area contributed by atoms with Gasteiger partial charge in [0.05, 0.1) is 20.2 Å². The van der Waals surface area contributed by atoms with E-state index in [2.05, 4.69) is 9.88 Å². The van der Waals surface area contributed by atoms with Gasteiger partial charge < -0.3 is 4.90 Å². The van der Waals surface area contributed by atoms with E-state index in [0.29, 0.717) is 16.4 Å². The lowest BCUT2D eigenvalue weighted by Crippen LogP contribution is -2.39. The summed E-state index contributed by atoms with van der Waals surface area (Å²) in [5.74, 6) is -1.44. The van der Waals surface area contributed by atoms with Crippen LogP contribution in [0.4, 0.5) is 9.52 Å². The average molecular weight is 542 g/mol. The van der Waals surface area contributed by atoms with Crippen molar-refractivity contribution >= 4 is 52.3 Å². The van der Waals surface area contributed by atoms with Gasteiger partial charge in [-0.25, -0.2) is 26.2 Å². The number of benzene rings is 2. The first kappa shape index (κ1) is 27.2. The Bertz CT molecular complexity index is 1400. The van der Waals surface area contributed by atoms with Crippen LogP contribution in [0.1, 0.15) is 20.3 Å². The summed E-state index contributed by atoms with van der Waals surface area (Å²) in [7, 11) is -7.33. The van der Waals surface area contributed by atoms with Crippen molar-refractivity contribution in [1.29, 1.82) is 0 Å². The quantitative estimate of drug-likeness (QED) is 0.343. The summed E-state index contributed by atoms with van der Waals surface area (Å²) in [5, 5.41) is 0.312. The maximum atomic E-state index is 13.3. The molecule has 0 saturated heterocycles. The normalized spacial score (nSPS) is 12.4. The van der Waals surface area contributed by atoms with Crippen LogP contribution in [0.5, 0.6) is 0 Å². The van der Waals surface area contributed by atoms with Crippen LogP contribution in [0.15, 0.2) is 52.3 Å². The van der Waals surface area contributed by atoms with E-state index in [1.54, 1.807) is 12.1 Å². The smallest absolute Gasteiger partial charge is 0.229 e. The van der Waals surface area contributed by atoms with Gasteiger partial charge in [-0.3, -0.25) is 9.69 Å². The Hall–Kier alpha value is -2.41. The van der Waals surface area contributed by atoms with Crippen LogP contribution in [-0.2, 0) is 24.5 Å². The molecule has 3 aromatic rings. The highest BCUT2D eigenvalue weighted by atomic mass is 32.2. The monoisotopic (exact) mass is 541 g/mol. The van der Waals surface area contributed by atoms with Crippen molar-refractivity contribution in [3.05, 3.63) is 48.3 Å². The molecule has 0 saturated carbocycles. The molecular formula is C23H28FN3O5S3.